The molecule has 0 saturated carbocycles. The largest absolute Gasteiger partial charge is 0.472 e. The molecule has 0 aliphatic heterocycles. The lowest BCUT2D eigenvalue weighted by Crippen LogP contribution is -2.37. The molecule has 0 heterocycles. The first-order valence-electron chi connectivity index (χ1n) is 44.7. The van der Waals surface area contributed by atoms with E-state index in [-0.39, 0.29) is 25.6 Å². The molecule has 102 heavy (non-hydrogen) atoms. The Labute approximate surface area is 635 Å². The fraction of sp³-hybridized carbons (Fsp3) is 0.848. The average Bonchev–Trinajstić information content (AvgIpc) is 0.916. The van der Waals surface area contributed by atoms with Crippen molar-refractivity contribution in [3.05, 3.63) is 72.9 Å². The fourth-order valence-electron chi connectivity index (χ4n) is 13.4. The van der Waals surface area contributed by atoms with Gasteiger partial charge in [0.2, 0.25) is 0 Å². The van der Waals surface area contributed by atoms with Gasteiger partial charge in [-0.25, -0.2) is 4.57 Å². The van der Waals surface area contributed by atoms with Gasteiger partial charge in [0.05, 0.1) is 27.7 Å². The number of allylic oxidation sites excluding steroid dienone is 12. The highest BCUT2D eigenvalue weighted by molar-refractivity contribution is 7.47. The zero-order chi connectivity index (χ0) is 74.0. The maximum absolute atomic E-state index is 12.9. The maximum atomic E-state index is 12.9. The molecule has 0 spiro atoms. The van der Waals surface area contributed by atoms with Crippen LogP contribution >= 0.6 is 7.82 Å². The average molecular weight is 1450 g/mol. The van der Waals surface area contributed by atoms with Crippen LogP contribution in [0.4, 0.5) is 0 Å². The number of carbonyl (C=O) groups excluding carboxylic acids is 2. The lowest BCUT2D eigenvalue weighted by atomic mass is 10.0. The lowest BCUT2D eigenvalue weighted by molar-refractivity contribution is -0.870. The first-order valence-corrected chi connectivity index (χ1v) is 46.2. The van der Waals surface area contributed by atoms with E-state index in [1.165, 1.54) is 360 Å². The number of phosphoric acid groups is 1. The number of quaternary nitrogens is 1. The smallest absolute Gasteiger partial charge is 0.462 e. The van der Waals surface area contributed by atoms with Crippen molar-refractivity contribution in [2.75, 3.05) is 47.5 Å². The SMILES string of the molecule is CCCCCCC/C=C\C/C=C\C/C=C\CCCCCCCCCCCCCCCCCCCCCCCCCCCCC(=O)OC(COC(=O)CCCCCCCCCCCCCCCCCCCCCCCC/C=C\C/C=C\C/C=C\CCCCCCC)COP(=O)(O)OCC[N+](C)(C)C. The Kier molecular flexibility index (Phi) is 80.4. The monoisotopic (exact) mass is 1450 g/mol. The van der Waals surface area contributed by atoms with Crippen molar-refractivity contribution in [2.45, 2.75) is 457 Å². The first-order chi connectivity index (χ1) is 50.0. The number of ether oxygens (including phenoxy) is 2. The van der Waals surface area contributed by atoms with E-state index < -0.39 is 26.5 Å². The third-order valence-electron chi connectivity index (χ3n) is 20.2. The summed E-state index contributed by atoms with van der Waals surface area (Å²) in [5.41, 5.74) is 0. The van der Waals surface area contributed by atoms with Gasteiger partial charge in [0.1, 0.15) is 19.8 Å². The normalized spacial score (nSPS) is 13.3. The summed E-state index contributed by atoms with van der Waals surface area (Å²) in [4.78, 5) is 36.1. The highest BCUT2D eigenvalue weighted by Gasteiger charge is 2.27. The Morgan fingerprint density at radius 3 is 0.784 bits per heavy atom. The summed E-state index contributed by atoms with van der Waals surface area (Å²) < 4.78 is 34.9. The van der Waals surface area contributed by atoms with Crippen LogP contribution in [0.25, 0.3) is 0 Å². The molecule has 0 bridgehead atoms. The predicted octanol–water partition coefficient (Wildman–Crippen LogP) is 30.2. The minimum atomic E-state index is -4.40. The lowest BCUT2D eigenvalue weighted by Gasteiger charge is -2.24. The minimum Gasteiger partial charge on any atom is -0.462 e. The molecule has 0 rings (SSSR count). The van der Waals surface area contributed by atoms with E-state index in [1.807, 2.05) is 21.1 Å². The van der Waals surface area contributed by atoms with E-state index in [9.17, 15) is 19.0 Å². The number of nitrogens with zero attached hydrogens (tertiary/aromatic N) is 1. The molecule has 2 atom stereocenters. The molecule has 598 valence electrons. The molecule has 0 aliphatic carbocycles. The Balaban J connectivity index is 3.86. The van der Waals surface area contributed by atoms with Crippen molar-refractivity contribution in [3.63, 3.8) is 0 Å². The molecule has 0 fully saturated rings. The van der Waals surface area contributed by atoms with Crippen LogP contribution in [-0.4, -0.2) is 74.9 Å². The number of likely N-dealkylation sites (N-methyl/N-ethyl adjacent to an activating group) is 1. The number of hydrogen-bond acceptors (Lipinski definition) is 7. The number of hydrogen-bond donors (Lipinski definition) is 1. The van der Waals surface area contributed by atoms with Crippen LogP contribution in [0.2, 0.25) is 0 Å². The summed E-state index contributed by atoms with van der Waals surface area (Å²) in [5, 5.41) is 0. The molecule has 0 saturated heterocycles. The van der Waals surface area contributed by atoms with E-state index in [0.717, 1.165) is 57.8 Å². The van der Waals surface area contributed by atoms with Crippen LogP contribution in [0.3, 0.4) is 0 Å². The predicted molar refractivity (Wildman–Crippen MR) is 446 cm³/mol. The zero-order valence-electron chi connectivity index (χ0n) is 68.6. The Bertz CT molecular complexity index is 1950. The van der Waals surface area contributed by atoms with E-state index in [4.69, 9.17) is 18.5 Å². The van der Waals surface area contributed by atoms with Gasteiger partial charge in [-0.15, -0.1) is 0 Å². The van der Waals surface area contributed by atoms with Crippen molar-refractivity contribution in [1.82, 2.24) is 0 Å². The molecule has 0 amide bonds. The van der Waals surface area contributed by atoms with E-state index in [1.54, 1.807) is 0 Å². The molecule has 10 heteroatoms. The Morgan fingerprint density at radius 1 is 0.304 bits per heavy atom. The van der Waals surface area contributed by atoms with Crippen molar-refractivity contribution in [2.24, 2.45) is 0 Å². The molecule has 1 N–H and O–H groups in total. The summed E-state index contributed by atoms with van der Waals surface area (Å²) >= 11 is 0. The topological polar surface area (TPSA) is 108 Å². The Hall–Kier alpha value is -2.55. The van der Waals surface area contributed by atoms with E-state index >= 15 is 0 Å². The van der Waals surface area contributed by atoms with Crippen molar-refractivity contribution in [3.8, 4) is 0 Å². The number of esters is 2. The quantitative estimate of drug-likeness (QED) is 0.0211. The molecule has 0 aromatic heterocycles. The van der Waals surface area contributed by atoms with Crippen LogP contribution in [0.5, 0.6) is 0 Å². The van der Waals surface area contributed by atoms with Crippen LogP contribution in [0.15, 0.2) is 72.9 Å². The molecule has 0 aromatic carbocycles. The summed E-state index contributed by atoms with van der Waals surface area (Å²) in [7, 11) is 1.50. The third kappa shape index (κ3) is 86.4. The second-order valence-electron chi connectivity index (χ2n) is 31.6. The number of unbranched alkanes of at least 4 members (excludes halogenated alkanes) is 58. The molecule has 9 nitrogen and oxygen atoms in total. The maximum Gasteiger partial charge on any atom is 0.472 e. The highest BCUT2D eigenvalue weighted by Crippen LogP contribution is 2.43. The number of rotatable bonds is 84. The van der Waals surface area contributed by atoms with Gasteiger partial charge in [-0.1, -0.05) is 421 Å². The first kappa shape index (κ1) is 99.5. The van der Waals surface area contributed by atoms with Gasteiger partial charge >= 0.3 is 19.8 Å². The molecule has 0 aliphatic rings. The van der Waals surface area contributed by atoms with Gasteiger partial charge in [0.15, 0.2) is 6.10 Å². The summed E-state index contributed by atoms with van der Waals surface area (Å²) in [6.07, 6.45) is 114. The fourth-order valence-corrected chi connectivity index (χ4v) is 14.1. The van der Waals surface area contributed by atoms with Gasteiger partial charge in [-0.3, -0.25) is 18.6 Å². The Morgan fingerprint density at radius 2 is 0.529 bits per heavy atom. The number of carbonyl (C=O) groups is 2. The minimum absolute atomic E-state index is 0.0340. The van der Waals surface area contributed by atoms with Crippen LogP contribution in [-0.2, 0) is 32.7 Å². The summed E-state index contributed by atoms with van der Waals surface area (Å²) in [5.74, 6) is -0.772. The summed E-state index contributed by atoms with van der Waals surface area (Å²) in [6, 6.07) is 0. The van der Waals surface area contributed by atoms with Crippen LogP contribution in [0, 0.1) is 0 Å². The molecule has 0 aromatic rings. The van der Waals surface area contributed by atoms with Crippen molar-refractivity contribution in [1.29, 1.82) is 0 Å². The second kappa shape index (κ2) is 82.5. The molecule has 0 radical (unpaired) electrons. The van der Waals surface area contributed by atoms with Gasteiger partial charge in [0.25, 0.3) is 0 Å². The standard InChI is InChI=1S/C92H172NO8P/c1-6-8-10-12-14-16-18-20-22-24-26-28-30-32-34-36-38-40-42-44-45-46-47-49-51-53-55-57-59-61-63-65-67-69-71-73-75-77-79-81-83-85-92(95)101-90(89-100-102(96,97)99-87-86-93(3,4)5)88-98-91(94)84-82-80-78-76-74-72-70-68-66-64-62-60-58-56-54-52-50-48-43-41-39-37-35-33-31-29-27-25-23-21-19-17-15-13-11-9-7-2/h18-21,24-27,30-33,90H,6-17,22-23,28-29,34-89H2,1-5H3/p+1/b20-18-,21-19-,26-24-,27-25-,32-30-,33-31-. The molecule has 2 unspecified atom stereocenters. The summed E-state index contributed by atoms with van der Waals surface area (Å²) in [6.45, 7) is 4.48. The third-order valence-corrected chi connectivity index (χ3v) is 21.2. The van der Waals surface area contributed by atoms with Crippen molar-refractivity contribution < 1.29 is 42.1 Å². The van der Waals surface area contributed by atoms with Crippen LogP contribution < -0.4 is 0 Å². The zero-order valence-corrected chi connectivity index (χ0v) is 69.5. The molecular formula is C92H173NO8P+. The second-order valence-corrected chi connectivity index (χ2v) is 33.1. The van der Waals surface area contributed by atoms with E-state index in [0.29, 0.717) is 23.9 Å². The van der Waals surface area contributed by atoms with Crippen LogP contribution in [0.1, 0.15) is 450 Å². The van der Waals surface area contributed by atoms with Gasteiger partial charge < -0.3 is 18.9 Å². The van der Waals surface area contributed by atoms with Gasteiger partial charge in [-0.2, -0.15) is 0 Å². The van der Waals surface area contributed by atoms with Crippen molar-refractivity contribution >= 4 is 19.8 Å². The van der Waals surface area contributed by atoms with E-state index in [2.05, 4.69) is 86.8 Å². The van der Waals surface area contributed by atoms with Gasteiger partial charge in [-0.05, 0) is 89.9 Å². The number of phosphoric ester groups is 1. The van der Waals surface area contributed by atoms with Gasteiger partial charge in [0, 0.05) is 12.8 Å². The highest BCUT2D eigenvalue weighted by atomic mass is 31.2. The molecular weight excluding hydrogens is 1280 g/mol.